The van der Waals surface area contributed by atoms with Gasteiger partial charge in [-0.3, -0.25) is 14.2 Å². The molecule has 0 bridgehead atoms. The summed E-state index contributed by atoms with van der Waals surface area (Å²) in [6.45, 7) is -0.0987. The second-order valence-electron chi connectivity index (χ2n) is 5.65. The summed E-state index contributed by atoms with van der Waals surface area (Å²) in [5.74, 6) is -0.904. The standard InChI is InChI=1S/C17H14F3N3O2S/c1-10-13(11-5-3-2-4-6-11)14-15(26-10)22-9-23(16(14)25)7-12(24)21-8-17(18,19)20/h2-6,9H,7-8H2,1H3,(H,21,24). The number of alkyl halides is 3. The number of carbonyl (C=O) groups excluding carboxylic acids is 1. The number of aryl methyl sites for hydroxylation is 1. The van der Waals surface area contributed by atoms with Crippen LogP contribution in [0.5, 0.6) is 0 Å². The Balaban J connectivity index is 1.98. The van der Waals surface area contributed by atoms with Crippen molar-refractivity contribution in [2.24, 2.45) is 0 Å². The summed E-state index contributed by atoms with van der Waals surface area (Å²) in [6.07, 6.45) is -3.32. The fourth-order valence-corrected chi connectivity index (χ4v) is 3.62. The van der Waals surface area contributed by atoms with Crippen molar-refractivity contribution in [3.8, 4) is 11.1 Å². The van der Waals surface area contributed by atoms with Gasteiger partial charge in [-0.15, -0.1) is 11.3 Å². The molecule has 0 aliphatic rings. The summed E-state index contributed by atoms with van der Waals surface area (Å²) in [5.41, 5.74) is 1.11. The minimum Gasteiger partial charge on any atom is -0.345 e. The van der Waals surface area contributed by atoms with Gasteiger partial charge in [-0.05, 0) is 12.5 Å². The second-order valence-corrected chi connectivity index (χ2v) is 6.85. The van der Waals surface area contributed by atoms with Gasteiger partial charge in [0, 0.05) is 10.4 Å². The molecular weight excluding hydrogens is 367 g/mol. The first-order valence-electron chi connectivity index (χ1n) is 7.63. The highest BCUT2D eigenvalue weighted by atomic mass is 32.1. The van der Waals surface area contributed by atoms with Crippen molar-refractivity contribution in [1.82, 2.24) is 14.9 Å². The monoisotopic (exact) mass is 381 g/mol. The van der Waals surface area contributed by atoms with Crippen LogP contribution in [0.3, 0.4) is 0 Å². The summed E-state index contributed by atoms with van der Waals surface area (Å²) in [7, 11) is 0. The Kier molecular flexibility index (Phi) is 4.82. The number of nitrogens with zero attached hydrogens (tertiary/aromatic N) is 2. The van der Waals surface area contributed by atoms with Crippen molar-refractivity contribution in [2.75, 3.05) is 6.54 Å². The summed E-state index contributed by atoms with van der Waals surface area (Å²) in [5, 5.41) is 2.11. The predicted molar refractivity (Wildman–Crippen MR) is 93.1 cm³/mol. The fraction of sp³-hybridized carbons (Fsp3) is 0.235. The van der Waals surface area contributed by atoms with Crippen molar-refractivity contribution in [3.05, 3.63) is 51.9 Å². The fourth-order valence-electron chi connectivity index (χ4n) is 2.61. The SMILES string of the molecule is Cc1sc2ncn(CC(=O)NCC(F)(F)F)c(=O)c2c1-c1ccccc1. The number of nitrogens with one attached hydrogen (secondary N) is 1. The molecule has 5 nitrogen and oxygen atoms in total. The topological polar surface area (TPSA) is 64.0 Å². The molecule has 1 amide bonds. The van der Waals surface area contributed by atoms with Gasteiger partial charge in [-0.2, -0.15) is 13.2 Å². The second kappa shape index (κ2) is 6.91. The molecule has 3 aromatic rings. The van der Waals surface area contributed by atoms with Crippen LogP contribution in [0, 0.1) is 6.92 Å². The van der Waals surface area contributed by atoms with Crippen LogP contribution in [-0.4, -0.2) is 28.2 Å². The summed E-state index contributed by atoms with van der Waals surface area (Å²) >= 11 is 1.36. The van der Waals surface area contributed by atoms with E-state index in [2.05, 4.69) is 4.98 Å². The van der Waals surface area contributed by atoms with Crippen molar-refractivity contribution in [1.29, 1.82) is 0 Å². The van der Waals surface area contributed by atoms with E-state index in [4.69, 9.17) is 0 Å². The minimum atomic E-state index is -4.51. The van der Waals surface area contributed by atoms with Crippen molar-refractivity contribution in [2.45, 2.75) is 19.6 Å². The molecule has 1 aromatic carbocycles. The predicted octanol–water partition coefficient (Wildman–Crippen LogP) is 3.11. The van der Waals surface area contributed by atoms with Gasteiger partial charge in [0.05, 0.1) is 11.7 Å². The number of amides is 1. The number of carbonyl (C=O) groups is 1. The number of hydrogen-bond acceptors (Lipinski definition) is 4. The van der Waals surface area contributed by atoms with Gasteiger partial charge < -0.3 is 5.32 Å². The van der Waals surface area contributed by atoms with Crippen molar-refractivity contribution >= 4 is 27.5 Å². The molecule has 0 saturated carbocycles. The molecule has 1 N–H and O–H groups in total. The molecule has 0 aliphatic heterocycles. The average molecular weight is 381 g/mol. The molecule has 0 fully saturated rings. The molecule has 2 heterocycles. The van der Waals surface area contributed by atoms with E-state index in [0.29, 0.717) is 10.2 Å². The van der Waals surface area contributed by atoms with Gasteiger partial charge in [0.15, 0.2) is 0 Å². The first kappa shape index (κ1) is 18.1. The van der Waals surface area contributed by atoms with E-state index >= 15 is 0 Å². The zero-order valence-corrected chi connectivity index (χ0v) is 14.4. The third kappa shape index (κ3) is 3.77. The van der Waals surface area contributed by atoms with E-state index in [1.807, 2.05) is 37.3 Å². The van der Waals surface area contributed by atoms with E-state index in [1.54, 1.807) is 5.32 Å². The molecule has 3 rings (SSSR count). The van der Waals surface area contributed by atoms with E-state index in [9.17, 15) is 22.8 Å². The third-order valence-corrected chi connectivity index (χ3v) is 4.73. The van der Waals surface area contributed by atoms with E-state index in [-0.39, 0.29) is 0 Å². The van der Waals surface area contributed by atoms with Gasteiger partial charge in [-0.25, -0.2) is 4.98 Å². The Labute approximate surface area is 150 Å². The van der Waals surface area contributed by atoms with Crippen LogP contribution in [0.15, 0.2) is 41.5 Å². The molecule has 2 aromatic heterocycles. The molecule has 0 saturated heterocycles. The van der Waals surface area contributed by atoms with Crippen LogP contribution < -0.4 is 10.9 Å². The quantitative estimate of drug-likeness (QED) is 0.755. The lowest BCUT2D eigenvalue weighted by atomic mass is 10.0. The lowest BCUT2D eigenvalue weighted by Crippen LogP contribution is -2.37. The number of benzene rings is 1. The number of halogens is 3. The Hall–Kier alpha value is -2.68. The Morgan fingerprint density at radius 1 is 1.27 bits per heavy atom. The van der Waals surface area contributed by atoms with Gasteiger partial charge in [0.1, 0.15) is 17.9 Å². The zero-order valence-electron chi connectivity index (χ0n) is 13.6. The maximum atomic E-state index is 12.8. The Morgan fingerprint density at radius 3 is 2.62 bits per heavy atom. The maximum Gasteiger partial charge on any atom is 0.405 e. The average Bonchev–Trinajstić information content (AvgIpc) is 2.93. The summed E-state index contributed by atoms with van der Waals surface area (Å²) in [4.78, 5) is 30.1. The van der Waals surface area contributed by atoms with Crippen LogP contribution in [0.1, 0.15) is 4.88 Å². The summed E-state index contributed by atoms with van der Waals surface area (Å²) < 4.78 is 37.6. The number of thiophene rings is 1. The molecular formula is C17H14F3N3O2S. The normalized spacial score (nSPS) is 11.7. The molecule has 136 valence electrons. The number of aromatic nitrogens is 2. The van der Waals surface area contributed by atoms with Crippen LogP contribution in [-0.2, 0) is 11.3 Å². The zero-order chi connectivity index (χ0) is 18.9. The molecule has 26 heavy (non-hydrogen) atoms. The highest BCUT2D eigenvalue weighted by Gasteiger charge is 2.27. The number of fused-ring (bicyclic) bond motifs is 1. The molecule has 0 spiro atoms. The number of hydrogen-bond donors (Lipinski definition) is 1. The molecule has 0 radical (unpaired) electrons. The molecule has 0 atom stereocenters. The smallest absolute Gasteiger partial charge is 0.345 e. The highest BCUT2D eigenvalue weighted by molar-refractivity contribution is 7.19. The molecule has 0 aliphatic carbocycles. The van der Waals surface area contributed by atoms with Crippen LogP contribution in [0.25, 0.3) is 21.3 Å². The Bertz CT molecular complexity index is 1010. The third-order valence-electron chi connectivity index (χ3n) is 3.72. The first-order chi connectivity index (χ1) is 12.3. The number of rotatable bonds is 4. The summed E-state index contributed by atoms with van der Waals surface area (Å²) in [6, 6.07) is 9.27. The van der Waals surface area contributed by atoms with Crippen LogP contribution >= 0.6 is 11.3 Å². The van der Waals surface area contributed by atoms with Crippen LogP contribution in [0.2, 0.25) is 0 Å². The van der Waals surface area contributed by atoms with Gasteiger partial charge in [-0.1, -0.05) is 30.3 Å². The van der Waals surface area contributed by atoms with E-state index in [1.165, 1.54) is 17.7 Å². The van der Waals surface area contributed by atoms with E-state index in [0.717, 1.165) is 20.6 Å². The Morgan fingerprint density at radius 2 is 1.96 bits per heavy atom. The van der Waals surface area contributed by atoms with Crippen LogP contribution in [0.4, 0.5) is 13.2 Å². The lowest BCUT2D eigenvalue weighted by Gasteiger charge is -2.09. The highest BCUT2D eigenvalue weighted by Crippen LogP contribution is 2.35. The van der Waals surface area contributed by atoms with Gasteiger partial charge in [0.2, 0.25) is 5.91 Å². The first-order valence-corrected chi connectivity index (χ1v) is 8.45. The van der Waals surface area contributed by atoms with Gasteiger partial charge in [0.25, 0.3) is 5.56 Å². The van der Waals surface area contributed by atoms with E-state index < -0.39 is 30.7 Å². The molecule has 0 unspecified atom stereocenters. The largest absolute Gasteiger partial charge is 0.405 e. The van der Waals surface area contributed by atoms with Crippen molar-refractivity contribution in [3.63, 3.8) is 0 Å². The van der Waals surface area contributed by atoms with Gasteiger partial charge >= 0.3 is 6.18 Å². The minimum absolute atomic E-state index is 0.366. The van der Waals surface area contributed by atoms with Crippen molar-refractivity contribution < 1.29 is 18.0 Å². The maximum absolute atomic E-state index is 12.8. The lowest BCUT2D eigenvalue weighted by molar-refractivity contribution is -0.138. The molecule has 9 heteroatoms.